The van der Waals surface area contributed by atoms with E-state index in [0.29, 0.717) is 0 Å². The van der Waals surface area contributed by atoms with Crippen molar-refractivity contribution in [2.75, 3.05) is 13.7 Å². The Labute approximate surface area is 131 Å². The zero-order valence-corrected chi connectivity index (χ0v) is 12.6. The molecule has 2 heterocycles. The molecule has 2 aliphatic heterocycles. The smallest absolute Gasteiger partial charge is 0.478 e. The summed E-state index contributed by atoms with van der Waals surface area (Å²) in [7, 11) is 1.16. The summed E-state index contributed by atoms with van der Waals surface area (Å²) in [6.45, 7) is 1.09. The van der Waals surface area contributed by atoms with E-state index in [1.165, 1.54) is 13.0 Å². The molecule has 0 aromatic heterocycles. The van der Waals surface area contributed by atoms with Crippen molar-refractivity contribution in [2.45, 2.75) is 37.3 Å². The molecule has 10 heteroatoms. The van der Waals surface area contributed by atoms with Gasteiger partial charge in [0.15, 0.2) is 12.2 Å². The lowest BCUT2D eigenvalue weighted by molar-refractivity contribution is -0.147. The topological polar surface area (TPSA) is 146 Å². The van der Waals surface area contributed by atoms with Gasteiger partial charge in [0.05, 0.1) is 19.2 Å². The van der Waals surface area contributed by atoms with E-state index in [-0.39, 0.29) is 12.4 Å². The monoisotopic (exact) mass is 330 g/mol. The molecule has 23 heavy (non-hydrogen) atoms. The maximum Gasteiger partial charge on any atom is 0.508 e. The molecule has 4 N–H and O–H groups in total. The Hall–Kier alpha value is -2.33. The average molecular weight is 330 g/mol. The van der Waals surface area contributed by atoms with E-state index in [2.05, 4.69) is 14.8 Å². The highest BCUT2D eigenvalue weighted by Crippen LogP contribution is 2.25. The molecule has 10 nitrogen and oxygen atoms in total. The largest absolute Gasteiger partial charge is 0.508 e. The van der Waals surface area contributed by atoms with Crippen molar-refractivity contribution in [1.82, 2.24) is 5.32 Å². The first-order valence-corrected chi connectivity index (χ1v) is 6.84. The molecule has 0 aromatic carbocycles. The predicted molar refractivity (Wildman–Crippen MR) is 72.8 cm³/mol. The molecule has 0 saturated carbocycles. The van der Waals surface area contributed by atoms with E-state index in [1.807, 2.05) is 0 Å². The van der Waals surface area contributed by atoms with Gasteiger partial charge in [0.25, 0.3) is 0 Å². The first-order valence-electron chi connectivity index (χ1n) is 6.84. The van der Waals surface area contributed by atoms with Crippen molar-refractivity contribution in [1.29, 1.82) is 0 Å². The molecule has 0 bridgehead atoms. The number of nitrogens with two attached hydrogens (primary N) is 1. The predicted octanol–water partition coefficient (Wildman–Crippen LogP) is -1.83. The molecule has 0 spiro atoms. The van der Waals surface area contributed by atoms with Crippen LogP contribution in [0.1, 0.15) is 6.92 Å². The Balaban J connectivity index is 2.23. The van der Waals surface area contributed by atoms with Gasteiger partial charge in [0, 0.05) is 6.92 Å². The number of carbonyl (C=O) groups is 3. The van der Waals surface area contributed by atoms with Crippen LogP contribution in [-0.2, 0) is 28.5 Å². The fourth-order valence-corrected chi connectivity index (χ4v) is 2.39. The number of methoxy groups -OCH3 is 1. The van der Waals surface area contributed by atoms with Crippen molar-refractivity contribution in [2.24, 2.45) is 5.73 Å². The van der Waals surface area contributed by atoms with E-state index in [4.69, 9.17) is 15.2 Å². The number of hydrogen-bond donors (Lipinski definition) is 3. The molecule has 128 valence electrons. The second-order valence-electron chi connectivity index (χ2n) is 5.12. The van der Waals surface area contributed by atoms with Crippen molar-refractivity contribution in [3.8, 4) is 0 Å². The third kappa shape index (κ3) is 3.71. The number of ether oxygens (including phenoxy) is 4. The van der Waals surface area contributed by atoms with Crippen LogP contribution in [0.2, 0.25) is 0 Å². The van der Waals surface area contributed by atoms with Crippen molar-refractivity contribution >= 4 is 18.0 Å². The van der Waals surface area contributed by atoms with Crippen LogP contribution >= 0.6 is 0 Å². The zero-order chi connectivity index (χ0) is 17.1. The van der Waals surface area contributed by atoms with Crippen molar-refractivity contribution in [3.05, 3.63) is 11.8 Å². The number of rotatable bonds is 4. The number of cyclic esters (lactones) is 2. The second kappa shape index (κ2) is 6.84. The summed E-state index contributed by atoms with van der Waals surface area (Å²) in [4.78, 5) is 34.0. The zero-order valence-electron chi connectivity index (χ0n) is 12.6. The minimum Gasteiger partial charge on any atom is -0.478 e. The van der Waals surface area contributed by atoms with Gasteiger partial charge in [0.2, 0.25) is 11.7 Å². The fourth-order valence-electron chi connectivity index (χ4n) is 2.39. The lowest BCUT2D eigenvalue weighted by Crippen LogP contribution is -2.62. The van der Waals surface area contributed by atoms with Gasteiger partial charge in [0.1, 0.15) is 12.7 Å². The van der Waals surface area contributed by atoms with Gasteiger partial charge in [-0.05, 0) is 6.08 Å². The Kier molecular flexibility index (Phi) is 5.06. The molecular weight excluding hydrogens is 312 g/mol. The average Bonchev–Trinajstić information content (AvgIpc) is 2.93. The number of amides is 1. The highest BCUT2D eigenvalue weighted by atomic mass is 16.8. The van der Waals surface area contributed by atoms with Crippen molar-refractivity contribution in [3.63, 3.8) is 0 Å². The highest BCUT2D eigenvalue weighted by molar-refractivity contribution is 5.86. The summed E-state index contributed by atoms with van der Waals surface area (Å²) < 4.78 is 19.4. The Morgan fingerprint density at radius 1 is 1.48 bits per heavy atom. The molecule has 0 aromatic rings. The minimum atomic E-state index is -1.38. The molecule has 2 rings (SSSR count). The molecule has 0 radical (unpaired) electrons. The highest BCUT2D eigenvalue weighted by Gasteiger charge is 2.46. The Morgan fingerprint density at radius 3 is 2.70 bits per heavy atom. The summed E-state index contributed by atoms with van der Waals surface area (Å²) in [5.74, 6) is -1.38. The number of aliphatic hydroxyl groups excluding tert-OH is 1. The third-order valence-electron chi connectivity index (χ3n) is 3.46. The summed E-state index contributed by atoms with van der Waals surface area (Å²) in [6, 6.07) is -1.66. The molecule has 5 atom stereocenters. The van der Waals surface area contributed by atoms with Gasteiger partial charge in [-0.15, -0.1) is 0 Å². The molecule has 0 unspecified atom stereocenters. The van der Waals surface area contributed by atoms with Crippen LogP contribution in [0.25, 0.3) is 0 Å². The number of hydrogen-bond acceptors (Lipinski definition) is 9. The summed E-state index contributed by atoms with van der Waals surface area (Å²) in [6.07, 6.45) is -3.15. The molecule has 1 fully saturated rings. The summed E-state index contributed by atoms with van der Waals surface area (Å²) in [5, 5.41) is 12.9. The molecular formula is C13H18N2O8. The number of aliphatic hydroxyl groups is 1. The molecule has 2 aliphatic rings. The van der Waals surface area contributed by atoms with Gasteiger partial charge >= 0.3 is 12.1 Å². The first kappa shape index (κ1) is 17.0. The van der Waals surface area contributed by atoms with Crippen molar-refractivity contribution < 1.29 is 38.4 Å². The van der Waals surface area contributed by atoms with E-state index < -0.39 is 48.4 Å². The second-order valence-corrected chi connectivity index (χ2v) is 5.12. The maximum absolute atomic E-state index is 11.6. The quantitative estimate of drug-likeness (QED) is 0.506. The van der Waals surface area contributed by atoms with Gasteiger partial charge < -0.3 is 35.1 Å². The number of nitrogens with one attached hydrogen (secondary N) is 1. The fraction of sp³-hybridized carbons (Fsp3) is 0.615. The van der Waals surface area contributed by atoms with Crippen LogP contribution in [0.4, 0.5) is 4.79 Å². The van der Waals surface area contributed by atoms with Crippen LogP contribution in [0, 0.1) is 0 Å². The number of esters is 1. The summed E-state index contributed by atoms with van der Waals surface area (Å²) >= 11 is 0. The van der Waals surface area contributed by atoms with E-state index in [0.717, 1.165) is 7.11 Å². The van der Waals surface area contributed by atoms with Crippen LogP contribution in [0.15, 0.2) is 11.8 Å². The van der Waals surface area contributed by atoms with E-state index in [9.17, 15) is 19.5 Å². The third-order valence-corrected chi connectivity index (χ3v) is 3.46. The number of carbonyl (C=O) groups excluding carboxylic acids is 3. The van der Waals surface area contributed by atoms with Gasteiger partial charge in [-0.3, -0.25) is 4.79 Å². The first-order chi connectivity index (χ1) is 10.8. The van der Waals surface area contributed by atoms with Crippen LogP contribution in [-0.4, -0.2) is 67.3 Å². The Morgan fingerprint density at radius 2 is 2.17 bits per heavy atom. The van der Waals surface area contributed by atoms with Gasteiger partial charge in [-0.25, -0.2) is 9.59 Å². The van der Waals surface area contributed by atoms with E-state index >= 15 is 0 Å². The van der Waals surface area contributed by atoms with Gasteiger partial charge in [-0.1, -0.05) is 0 Å². The minimum absolute atomic E-state index is 0.181. The molecule has 1 amide bonds. The van der Waals surface area contributed by atoms with Gasteiger partial charge in [-0.2, -0.15) is 0 Å². The van der Waals surface area contributed by atoms with Crippen LogP contribution in [0.5, 0.6) is 0 Å². The lowest BCUT2D eigenvalue weighted by atomic mass is 9.92. The van der Waals surface area contributed by atoms with Crippen LogP contribution in [0.3, 0.4) is 0 Å². The summed E-state index contributed by atoms with van der Waals surface area (Å²) in [5.41, 5.74) is 5.94. The van der Waals surface area contributed by atoms with Crippen LogP contribution < -0.4 is 11.1 Å². The normalized spacial score (nSPS) is 31.1. The van der Waals surface area contributed by atoms with E-state index in [1.54, 1.807) is 0 Å². The SMILES string of the molecule is COC(=O)C1=C[C@H](N)[C@@H](NC(C)=O)[C@H]([C@H](O)[C@H]2COC(=O)O2)O1. The molecule has 1 saturated heterocycles. The maximum atomic E-state index is 11.6. The Bertz CT molecular complexity index is 534. The lowest BCUT2D eigenvalue weighted by Gasteiger charge is -2.38. The standard InChI is InChI=1S/C13H18N2O8/c1-5(16)15-9-6(14)3-7(12(18)20-2)22-11(9)10(17)8-4-21-13(19)23-8/h3,6,8-11,17H,4,14H2,1-2H3,(H,15,16)/t6-,8+,9+,10+,11+/m0/s1. The molecule has 0 aliphatic carbocycles.